The van der Waals surface area contributed by atoms with Crippen LogP contribution in [0.2, 0.25) is 0 Å². The van der Waals surface area contributed by atoms with Crippen LogP contribution in [0.3, 0.4) is 0 Å². The first-order valence-corrected chi connectivity index (χ1v) is 9.01. The number of nitrogens with zero attached hydrogens (tertiary/aromatic N) is 3. The minimum Gasteiger partial charge on any atom is -0.465 e. The summed E-state index contributed by atoms with van der Waals surface area (Å²) in [6, 6.07) is 6.24. The van der Waals surface area contributed by atoms with Gasteiger partial charge in [0.15, 0.2) is 0 Å². The highest BCUT2D eigenvalue weighted by atomic mass is 19.1. The molecule has 1 unspecified atom stereocenters. The summed E-state index contributed by atoms with van der Waals surface area (Å²) in [6.07, 6.45) is 3.33. The fourth-order valence-electron chi connectivity index (χ4n) is 4.47. The number of carbonyl (C=O) groups is 2. The Morgan fingerprint density at radius 1 is 1.12 bits per heavy atom. The third-order valence-corrected chi connectivity index (χ3v) is 5.69. The van der Waals surface area contributed by atoms with Gasteiger partial charge in [0.2, 0.25) is 5.91 Å². The van der Waals surface area contributed by atoms with E-state index in [1.807, 2.05) is 4.90 Å². The normalized spacial score (nSPS) is 25.5. The van der Waals surface area contributed by atoms with Crippen LogP contribution in [0, 0.1) is 5.82 Å². The van der Waals surface area contributed by atoms with Gasteiger partial charge in [0.1, 0.15) is 11.4 Å². The Hall–Kier alpha value is -2.57. The highest BCUT2D eigenvalue weighted by molar-refractivity contribution is 5.93. The molecule has 0 radical (unpaired) electrons. The predicted molar refractivity (Wildman–Crippen MR) is 93.0 cm³/mol. The molecular weight excluding hydrogens is 337 g/mol. The molecule has 138 valence electrons. The van der Waals surface area contributed by atoms with Crippen LogP contribution in [-0.4, -0.2) is 70.1 Å². The van der Waals surface area contributed by atoms with Crippen molar-refractivity contribution in [2.75, 3.05) is 32.7 Å². The third-order valence-electron chi connectivity index (χ3n) is 5.69. The summed E-state index contributed by atoms with van der Waals surface area (Å²) in [5.74, 6) is -0.365. The van der Waals surface area contributed by atoms with Crippen molar-refractivity contribution in [1.29, 1.82) is 0 Å². The molecule has 26 heavy (non-hydrogen) atoms. The fraction of sp³-hybridized carbons (Fsp3) is 0.474. The van der Waals surface area contributed by atoms with E-state index in [-0.39, 0.29) is 18.3 Å². The molecule has 0 aliphatic carbocycles. The number of rotatable bonds is 3. The molecule has 1 aromatic rings. The molecule has 3 aliphatic rings. The molecule has 1 atom stereocenters. The van der Waals surface area contributed by atoms with E-state index in [9.17, 15) is 19.1 Å². The van der Waals surface area contributed by atoms with Gasteiger partial charge >= 0.3 is 6.09 Å². The molecule has 0 saturated carbocycles. The number of likely N-dealkylation sites (tertiary alicyclic amines) is 1. The smallest absolute Gasteiger partial charge is 0.407 e. The molecule has 2 fully saturated rings. The second-order valence-corrected chi connectivity index (χ2v) is 7.25. The van der Waals surface area contributed by atoms with Crippen molar-refractivity contribution in [3.63, 3.8) is 0 Å². The quantitative estimate of drug-likeness (QED) is 0.896. The Morgan fingerprint density at radius 2 is 1.81 bits per heavy atom. The summed E-state index contributed by atoms with van der Waals surface area (Å²) in [5, 5.41) is 9.53. The SMILES string of the molecule is O=C(O)N1CCN2C(=O)C=C(N3CCCC3)C2(Cc2ccc(F)cc2)C1. The van der Waals surface area contributed by atoms with Crippen LogP contribution in [0.5, 0.6) is 0 Å². The molecule has 7 heteroatoms. The molecule has 0 aromatic heterocycles. The zero-order valence-electron chi connectivity index (χ0n) is 14.5. The second kappa shape index (κ2) is 6.30. The molecule has 6 nitrogen and oxygen atoms in total. The Morgan fingerprint density at radius 3 is 2.46 bits per heavy atom. The van der Waals surface area contributed by atoms with Gasteiger partial charge < -0.3 is 19.8 Å². The van der Waals surface area contributed by atoms with E-state index in [4.69, 9.17) is 0 Å². The third kappa shape index (κ3) is 2.71. The average molecular weight is 359 g/mol. The van der Waals surface area contributed by atoms with Crippen molar-refractivity contribution in [3.05, 3.63) is 47.4 Å². The Balaban J connectivity index is 1.75. The van der Waals surface area contributed by atoms with E-state index in [0.29, 0.717) is 19.5 Å². The number of amides is 2. The summed E-state index contributed by atoms with van der Waals surface area (Å²) in [4.78, 5) is 29.7. The molecule has 0 spiro atoms. The van der Waals surface area contributed by atoms with Crippen molar-refractivity contribution in [2.45, 2.75) is 24.8 Å². The fourth-order valence-corrected chi connectivity index (χ4v) is 4.47. The second-order valence-electron chi connectivity index (χ2n) is 7.25. The molecule has 4 rings (SSSR count). The minimum atomic E-state index is -0.969. The van der Waals surface area contributed by atoms with Gasteiger partial charge in [-0.15, -0.1) is 0 Å². The Kier molecular flexibility index (Phi) is 4.09. The molecule has 1 N–H and O–H groups in total. The maximum absolute atomic E-state index is 13.3. The first-order valence-electron chi connectivity index (χ1n) is 9.01. The van der Waals surface area contributed by atoms with Crippen molar-refractivity contribution >= 4 is 12.0 Å². The van der Waals surface area contributed by atoms with Crippen LogP contribution in [0.25, 0.3) is 0 Å². The number of fused-ring (bicyclic) bond motifs is 1. The Labute approximate surface area is 151 Å². The summed E-state index contributed by atoms with van der Waals surface area (Å²) in [6.45, 7) is 2.69. The molecular formula is C19H22FN3O3. The lowest BCUT2D eigenvalue weighted by Gasteiger charge is -2.49. The topological polar surface area (TPSA) is 64.1 Å². The number of halogens is 1. The lowest BCUT2D eigenvalue weighted by Crippen LogP contribution is -2.65. The Bertz CT molecular complexity index is 758. The first kappa shape index (κ1) is 16.9. The maximum Gasteiger partial charge on any atom is 0.407 e. The number of benzene rings is 1. The molecule has 3 aliphatic heterocycles. The van der Waals surface area contributed by atoms with Crippen LogP contribution < -0.4 is 0 Å². The van der Waals surface area contributed by atoms with E-state index in [1.165, 1.54) is 17.0 Å². The van der Waals surface area contributed by atoms with E-state index in [1.54, 1.807) is 18.2 Å². The predicted octanol–water partition coefficient (Wildman–Crippen LogP) is 1.92. The van der Waals surface area contributed by atoms with Crippen molar-refractivity contribution in [1.82, 2.24) is 14.7 Å². The summed E-state index contributed by atoms with van der Waals surface area (Å²) in [5.41, 5.74) is 1.09. The number of hydrogen-bond acceptors (Lipinski definition) is 3. The van der Waals surface area contributed by atoms with Gasteiger partial charge in [-0.25, -0.2) is 9.18 Å². The van der Waals surface area contributed by atoms with Gasteiger partial charge in [0.05, 0.1) is 6.54 Å². The lowest BCUT2D eigenvalue weighted by atomic mass is 9.84. The number of carboxylic acid groups (broad SMARTS) is 1. The number of hydrogen-bond donors (Lipinski definition) is 1. The van der Waals surface area contributed by atoms with E-state index >= 15 is 0 Å². The van der Waals surface area contributed by atoms with E-state index < -0.39 is 11.6 Å². The molecule has 3 heterocycles. The van der Waals surface area contributed by atoms with Gasteiger partial charge in [-0.05, 0) is 30.5 Å². The number of piperazine rings is 1. The van der Waals surface area contributed by atoms with Crippen LogP contribution in [0.15, 0.2) is 36.0 Å². The summed E-state index contributed by atoms with van der Waals surface area (Å²) < 4.78 is 13.3. The van der Waals surface area contributed by atoms with Crippen molar-refractivity contribution < 1.29 is 19.1 Å². The zero-order valence-corrected chi connectivity index (χ0v) is 14.5. The van der Waals surface area contributed by atoms with E-state index in [2.05, 4.69) is 4.90 Å². The van der Waals surface area contributed by atoms with Gasteiger partial charge in [0.25, 0.3) is 0 Å². The average Bonchev–Trinajstić information content (AvgIpc) is 3.23. The first-order chi connectivity index (χ1) is 12.5. The van der Waals surface area contributed by atoms with Gasteiger partial charge in [-0.1, -0.05) is 12.1 Å². The highest BCUT2D eigenvalue weighted by Gasteiger charge is 2.53. The molecule has 1 aromatic carbocycles. The maximum atomic E-state index is 13.3. The van der Waals surface area contributed by atoms with Crippen LogP contribution >= 0.6 is 0 Å². The van der Waals surface area contributed by atoms with Crippen molar-refractivity contribution in [2.24, 2.45) is 0 Å². The minimum absolute atomic E-state index is 0.0564. The lowest BCUT2D eigenvalue weighted by molar-refractivity contribution is -0.132. The number of carbonyl (C=O) groups excluding carboxylic acids is 1. The summed E-state index contributed by atoms with van der Waals surface area (Å²) in [7, 11) is 0. The van der Waals surface area contributed by atoms with Crippen molar-refractivity contribution in [3.8, 4) is 0 Å². The van der Waals surface area contributed by atoms with Gasteiger partial charge in [-0.2, -0.15) is 0 Å². The highest BCUT2D eigenvalue weighted by Crippen LogP contribution is 2.40. The van der Waals surface area contributed by atoms with Gasteiger partial charge in [0, 0.05) is 44.4 Å². The standard InChI is InChI=1S/C19H22FN3O3/c20-15-5-3-14(4-6-15)12-19-13-22(18(25)26)9-10-23(19)17(24)11-16(19)21-7-1-2-8-21/h3-6,11H,1-2,7-10,12-13H2,(H,25,26). The largest absolute Gasteiger partial charge is 0.465 e. The van der Waals surface area contributed by atoms with E-state index in [0.717, 1.165) is 37.2 Å². The molecule has 2 saturated heterocycles. The molecule has 2 amide bonds. The monoisotopic (exact) mass is 359 g/mol. The van der Waals surface area contributed by atoms with Crippen LogP contribution in [0.1, 0.15) is 18.4 Å². The molecule has 0 bridgehead atoms. The van der Waals surface area contributed by atoms with Gasteiger partial charge in [-0.3, -0.25) is 4.79 Å². The van der Waals surface area contributed by atoms with Crippen LogP contribution in [0.4, 0.5) is 9.18 Å². The van der Waals surface area contributed by atoms with Crippen LogP contribution in [-0.2, 0) is 11.2 Å². The summed E-state index contributed by atoms with van der Waals surface area (Å²) >= 11 is 0. The zero-order chi connectivity index (χ0) is 18.3.